The minimum atomic E-state index is -1.67. The molecule has 1 saturated heterocycles. The lowest BCUT2D eigenvalue weighted by Crippen LogP contribution is -2.23. The van der Waals surface area contributed by atoms with Crippen LogP contribution in [-0.2, 0) is 4.74 Å². The van der Waals surface area contributed by atoms with Gasteiger partial charge in [-0.2, -0.15) is 0 Å². The average Bonchev–Trinajstić information content (AvgIpc) is 2.78. The van der Waals surface area contributed by atoms with E-state index in [2.05, 4.69) is 6.58 Å². The van der Waals surface area contributed by atoms with Crippen molar-refractivity contribution in [2.45, 2.75) is 44.1 Å². The second-order valence-electron chi connectivity index (χ2n) is 8.03. The van der Waals surface area contributed by atoms with Crippen LogP contribution in [0, 0.1) is 5.82 Å². The summed E-state index contributed by atoms with van der Waals surface area (Å²) in [7, 11) is 0. The first kappa shape index (κ1) is 20.7. The maximum absolute atomic E-state index is 14.8. The second kappa shape index (κ2) is 8.65. The smallest absolute Gasteiger partial charge is 0.161 e. The standard InChI is InChI=1S/C26H25F3O/c1-3-21-11-9-20(15-30-21)22-13-10-19(14-24(22)27)17-5-7-18(8-6-17)23-12-4-16(2)25(28)26(23)29/h3-8,10,12-14,20-21,25-26H,1,9,11,15H2,2H3. The highest BCUT2D eigenvalue weighted by molar-refractivity contribution is 5.75. The van der Waals surface area contributed by atoms with Crippen molar-refractivity contribution in [1.82, 2.24) is 0 Å². The van der Waals surface area contributed by atoms with E-state index in [0.717, 1.165) is 24.0 Å². The van der Waals surface area contributed by atoms with Crippen LogP contribution in [0.25, 0.3) is 16.7 Å². The Balaban J connectivity index is 1.52. The van der Waals surface area contributed by atoms with Crippen molar-refractivity contribution >= 4 is 5.57 Å². The molecule has 0 bridgehead atoms. The molecule has 0 amide bonds. The van der Waals surface area contributed by atoms with Crippen molar-refractivity contribution < 1.29 is 17.9 Å². The molecule has 2 aromatic rings. The fourth-order valence-corrected chi connectivity index (χ4v) is 4.14. The number of ether oxygens (including phenoxy) is 1. The zero-order valence-electron chi connectivity index (χ0n) is 17.0. The fourth-order valence-electron chi connectivity index (χ4n) is 4.14. The minimum absolute atomic E-state index is 0.0440. The van der Waals surface area contributed by atoms with Crippen LogP contribution in [0.1, 0.15) is 36.8 Å². The maximum Gasteiger partial charge on any atom is 0.161 e. The molecule has 0 saturated carbocycles. The van der Waals surface area contributed by atoms with E-state index in [9.17, 15) is 13.2 Å². The molecule has 4 rings (SSSR count). The maximum atomic E-state index is 14.8. The average molecular weight is 410 g/mol. The molecule has 4 atom stereocenters. The van der Waals surface area contributed by atoms with Crippen LogP contribution < -0.4 is 0 Å². The molecule has 0 spiro atoms. The first-order valence-corrected chi connectivity index (χ1v) is 10.3. The van der Waals surface area contributed by atoms with Gasteiger partial charge in [0.05, 0.1) is 12.7 Å². The second-order valence-corrected chi connectivity index (χ2v) is 8.03. The quantitative estimate of drug-likeness (QED) is 0.495. The zero-order valence-corrected chi connectivity index (χ0v) is 17.0. The lowest BCUT2D eigenvalue weighted by molar-refractivity contribution is 0.0321. The van der Waals surface area contributed by atoms with Gasteiger partial charge in [0.15, 0.2) is 12.3 Å². The van der Waals surface area contributed by atoms with Crippen molar-refractivity contribution in [1.29, 1.82) is 0 Å². The largest absolute Gasteiger partial charge is 0.374 e. The molecule has 2 aliphatic rings. The van der Waals surface area contributed by atoms with Gasteiger partial charge in [-0.05, 0) is 59.2 Å². The third kappa shape index (κ3) is 4.01. The van der Waals surface area contributed by atoms with Crippen molar-refractivity contribution in [2.75, 3.05) is 6.61 Å². The summed E-state index contributed by atoms with van der Waals surface area (Å²) in [5, 5.41) is 0. The highest BCUT2D eigenvalue weighted by Crippen LogP contribution is 2.34. The Bertz CT molecular complexity index is 982. The van der Waals surface area contributed by atoms with Gasteiger partial charge in [-0.25, -0.2) is 13.2 Å². The van der Waals surface area contributed by atoms with Gasteiger partial charge in [0.1, 0.15) is 5.82 Å². The molecule has 1 aliphatic heterocycles. The molecule has 0 radical (unpaired) electrons. The molecule has 156 valence electrons. The molecule has 1 aliphatic carbocycles. The molecule has 2 aromatic carbocycles. The number of allylic oxidation sites excluding steroid dienone is 4. The predicted octanol–water partition coefficient (Wildman–Crippen LogP) is 6.96. The summed E-state index contributed by atoms with van der Waals surface area (Å²) in [5.74, 6) is -0.204. The van der Waals surface area contributed by atoms with Crippen LogP contribution in [0.15, 0.2) is 72.8 Å². The summed E-state index contributed by atoms with van der Waals surface area (Å²) < 4.78 is 48.9. The van der Waals surface area contributed by atoms with E-state index >= 15 is 0 Å². The lowest BCUT2D eigenvalue weighted by Gasteiger charge is -2.27. The van der Waals surface area contributed by atoms with Crippen LogP contribution >= 0.6 is 0 Å². The van der Waals surface area contributed by atoms with Gasteiger partial charge in [-0.15, -0.1) is 6.58 Å². The molecule has 4 heteroatoms. The van der Waals surface area contributed by atoms with E-state index in [4.69, 9.17) is 4.74 Å². The van der Waals surface area contributed by atoms with Crippen LogP contribution in [-0.4, -0.2) is 25.1 Å². The van der Waals surface area contributed by atoms with E-state index in [1.165, 1.54) is 6.07 Å². The molecular formula is C26H25F3O. The Morgan fingerprint density at radius 2 is 1.63 bits per heavy atom. The summed E-state index contributed by atoms with van der Waals surface area (Å²) in [6.45, 7) is 5.82. The van der Waals surface area contributed by atoms with E-state index in [-0.39, 0.29) is 17.8 Å². The number of hydrogen-bond donors (Lipinski definition) is 0. The SMILES string of the molecule is C=CC1CCC(c2ccc(-c3ccc(C4=CC=C(C)C(F)C4F)cc3)cc2F)CO1. The highest BCUT2D eigenvalue weighted by Gasteiger charge is 2.29. The van der Waals surface area contributed by atoms with Crippen LogP contribution in [0.3, 0.4) is 0 Å². The fraction of sp³-hybridized carbons (Fsp3) is 0.308. The molecule has 1 nitrogen and oxygen atoms in total. The Morgan fingerprint density at radius 3 is 2.27 bits per heavy atom. The first-order valence-electron chi connectivity index (χ1n) is 10.3. The number of alkyl halides is 2. The monoisotopic (exact) mass is 410 g/mol. The molecule has 0 N–H and O–H groups in total. The Labute approximate surface area is 175 Å². The number of halogens is 3. The summed E-state index contributed by atoms with van der Waals surface area (Å²) in [6, 6.07) is 12.4. The number of hydrogen-bond acceptors (Lipinski definition) is 1. The van der Waals surface area contributed by atoms with Crippen LogP contribution in [0.5, 0.6) is 0 Å². The van der Waals surface area contributed by atoms with E-state index < -0.39 is 12.3 Å². The van der Waals surface area contributed by atoms with E-state index in [1.54, 1.807) is 37.3 Å². The van der Waals surface area contributed by atoms with Gasteiger partial charge in [-0.3, -0.25) is 0 Å². The van der Waals surface area contributed by atoms with Gasteiger partial charge in [-0.1, -0.05) is 54.6 Å². The van der Waals surface area contributed by atoms with E-state index in [1.807, 2.05) is 24.3 Å². The molecule has 1 fully saturated rings. The third-order valence-corrected chi connectivity index (χ3v) is 6.08. The van der Waals surface area contributed by atoms with E-state index in [0.29, 0.717) is 28.9 Å². The minimum Gasteiger partial charge on any atom is -0.374 e. The highest BCUT2D eigenvalue weighted by atomic mass is 19.2. The molecule has 30 heavy (non-hydrogen) atoms. The van der Waals surface area contributed by atoms with Gasteiger partial charge in [0.2, 0.25) is 0 Å². The van der Waals surface area contributed by atoms with Crippen LogP contribution in [0.4, 0.5) is 13.2 Å². The van der Waals surface area contributed by atoms with Crippen LogP contribution in [0.2, 0.25) is 0 Å². The summed E-state index contributed by atoms with van der Waals surface area (Å²) in [4.78, 5) is 0. The number of benzene rings is 2. The summed E-state index contributed by atoms with van der Waals surface area (Å²) in [5.41, 5.74) is 3.59. The van der Waals surface area contributed by atoms with Gasteiger partial charge in [0, 0.05) is 5.92 Å². The van der Waals surface area contributed by atoms with Crippen molar-refractivity contribution in [3.63, 3.8) is 0 Å². The van der Waals surface area contributed by atoms with Gasteiger partial charge in [0.25, 0.3) is 0 Å². The summed E-state index contributed by atoms with van der Waals surface area (Å²) >= 11 is 0. The molecule has 0 aromatic heterocycles. The molecule has 4 unspecified atom stereocenters. The zero-order chi connectivity index (χ0) is 21.3. The Hall–Kier alpha value is -2.59. The molecule has 1 heterocycles. The van der Waals surface area contributed by atoms with Gasteiger partial charge < -0.3 is 4.74 Å². The Kier molecular flexibility index (Phi) is 5.96. The number of rotatable bonds is 4. The molecular weight excluding hydrogens is 385 g/mol. The van der Waals surface area contributed by atoms with Crippen molar-refractivity contribution in [2.24, 2.45) is 0 Å². The van der Waals surface area contributed by atoms with Gasteiger partial charge >= 0.3 is 0 Å². The predicted molar refractivity (Wildman–Crippen MR) is 115 cm³/mol. The topological polar surface area (TPSA) is 9.23 Å². The normalized spacial score (nSPS) is 26.7. The Morgan fingerprint density at radius 1 is 0.933 bits per heavy atom. The van der Waals surface area contributed by atoms with Crippen molar-refractivity contribution in [3.8, 4) is 11.1 Å². The van der Waals surface area contributed by atoms with Crippen molar-refractivity contribution in [3.05, 3.63) is 89.8 Å². The third-order valence-electron chi connectivity index (χ3n) is 6.08. The summed E-state index contributed by atoms with van der Waals surface area (Å²) in [6.07, 6.45) is 3.51. The first-order chi connectivity index (χ1) is 14.5. The lowest BCUT2D eigenvalue weighted by atomic mass is 9.88.